The lowest BCUT2D eigenvalue weighted by molar-refractivity contribution is -0.137. The van der Waals surface area contributed by atoms with Gasteiger partial charge >= 0.3 is 5.97 Å². The molecule has 0 aliphatic heterocycles. The van der Waals surface area contributed by atoms with E-state index >= 15 is 0 Å². The minimum absolute atomic E-state index is 0. The van der Waals surface area contributed by atoms with Crippen molar-refractivity contribution in [2.45, 2.75) is 19.8 Å². The van der Waals surface area contributed by atoms with Gasteiger partial charge in [-0.15, -0.1) is 50.9 Å². The maximum atomic E-state index is 9.60. The first kappa shape index (κ1) is 24.3. The summed E-state index contributed by atoms with van der Waals surface area (Å²) in [5.74, 6) is -0.711. The first-order valence-corrected chi connectivity index (χ1v) is 3.84. The van der Waals surface area contributed by atoms with Crippen molar-refractivity contribution in [2.75, 3.05) is 0 Å². The zero-order valence-corrected chi connectivity index (χ0v) is 13.5. The first-order chi connectivity index (χ1) is 5.77. The summed E-state index contributed by atoms with van der Waals surface area (Å²) in [7, 11) is 0. The van der Waals surface area contributed by atoms with Crippen LogP contribution in [0.3, 0.4) is 0 Å². The Balaban J connectivity index is -0.0000000672. The summed E-state index contributed by atoms with van der Waals surface area (Å²) in [6, 6.07) is 5.72. The molecule has 3 nitrogen and oxygen atoms in total. The highest BCUT2D eigenvalue weighted by Crippen LogP contribution is 1.82. The second-order valence-electron chi connectivity index (χ2n) is 2.17. The van der Waals surface area contributed by atoms with Crippen LogP contribution < -0.4 is 0 Å². The number of halogens is 3. The Hall–Kier alpha value is 0.0600. The molecule has 0 aromatic carbocycles. The molecule has 0 saturated heterocycles. The molecule has 15 heavy (non-hydrogen) atoms. The number of pyridine rings is 1. The van der Waals surface area contributed by atoms with Crippen LogP contribution in [0.1, 0.15) is 19.8 Å². The molecule has 90 valence electrons. The molecule has 0 spiro atoms. The zero-order valence-electron chi connectivity index (χ0n) is 8.33. The van der Waals surface area contributed by atoms with Gasteiger partial charge in [0.25, 0.3) is 0 Å². The van der Waals surface area contributed by atoms with Crippen molar-refractivity contribution >= 4 is 56.9 Å². The summed E-state index contributed by atoms with van der Waals surface area (Å²) in [6.45, 7) is 1.84. The number of rotatable bonds is 2. The van der Waals surface area contributed by atoms with Crippen molar-refractivity contribution in [3.05, 3.63) is 30.6 Å². The largest absolute Gasteiger partial charge is 0.481 e. The third kappa shape index (κ3) is 24.9. The molecule has 0 unspecified atom stereocenters. The molecule has 0 saturated carbocycles. The summed E-state index contributed by atoms with van der Waals surface area (Å²) in [5, 5.41) is 7.91. The van der Waals surface area contributed by atoms with Crippen molar-refractivity contribution in [3.8, 4) is 0 Å². The van der Waals surface area contributed by atoms with E-state index in [0.717, 1.165) is 6.42 Å². The summed E-state index contributed by atoms with van der Waals surface area (Å²) in [6.07, 6.45) is 4.52. The van der Waals surface area contributed by atoms with Crippen LogP contribution in [0.4, 0.5) is 0 Å². The number of hydrogen-bond acceptors (Lipinski definition) is 2. The van der Waals surface area contributed by atoms with Crippen LogP contribution >= 0.6 is 50.9 Å². The molecule has 1 N–H and O–H groups in total. The van der Waals surface area contributed by atoms with E-state index in [-0.39, 0.29) is 50.9 Å². The van der Waals surface area contributed by atoms with Crippen molar-refractivity contribution in [1.82, 2.24) is 4.98 Å². The molecule has 1 rings (SSSR count). The Morgan fingerprint density at radius 2 is 1.60 bits per heavy atom. The normalized spacial score (nSPS) is 6.47. The number of carbonyl (C=O) groups is 1. The Kier molecular flexibility index (Phi) is 31.8. The summed E-state index contributed by atoms with van der Waals surface area (Å²) in [4.78, 5) is 13.4. The Bertz CT molecular complexity index is 183. The molecule has 6 heteroatoms. The molecule has 1 aromatic rings. The van der Waals surface area contributed by atoms with Gasteiger partial charge in [0.15, 0.2) is 0 Å². The van der Waals surface area contributed by atoms with Gasteiger partial charge in [-0.05, 0) is 18.6 Å². The van der Waals surface area contributed by atoms with Gasteiger partial charge in [0, 0.05) is 18.8 Å². The van der Waals surface area contributed by atoms with E-state index in [1.54, 1.807) is 12.4 Å². The minimum atomic E-state index is -0.711. The van der Waals surface area contributed by atoms with E-state index in [1.165, 1.54) is 0 Å². The molecule has 0 amide bonds. The summed E-state index contributed by atoms with van der Waals surface area (Å²) >= 11 is 0. The average molecular weight is 410 g/mol. The standard InChI is InChI=1S/C5H5N.C4H8O2.3BrH/c1-2-4-6-5-3-1;1-2-3-4(5)6;;;/h1-5H;2-3H2,1H3,(H,5,6);3*1H. The molecule has 0 aliphatic carbocycles. The van der Waals surface area contributed by atoms with Crippen LogP contribution in [0.15, 0.2) is 30.6 Å². The average Bonchev–Trinajstić information content (AvgIpc) is 2.08. The van der Waals surface area contributed by atoms with Crippen molar-refractivity contribution < 1.29 is 9.90 Å². The summed E-state index contributed by atoms with van der Waals surface area (Å²) < 4.78 is 0. The van der Waals surface area contributed by atoms with E-state index in [9.17, 15) is 4.79 Å². The fourth-order valence-electron chi connectivity index (χ4n) is 0.526. The number of carboxylic acids is 1. The third-order valence-corrected chi connectivity index (χ3v) is 1.03. The van der Waals surface area contributed by atoms with Crippen molar-refractivity contribution in [1.29, 1.82) is 0 Å². The molecule has 1 heterocycles. The number of carboxylic acid groups (broad SMARTS) is 1. The van der Waals surface area contributed by atoms with E-state index in [1.807, 2.05) is 25.1 Å². The van der Waals surface area contributed by atoms with Crippen LogP contribution in [-0.2, 0) is 4.79 Å². The van der Waals surface area contributed by atoms with Crippen LogP contribution in [0.2, 0.25) is 0 Å². The summed E-state index contributed by atoms with van der Waals surface area (Å²) in [5.41, 5.74) is 0. The number of hydrogen-bond donors (Lipinski definition) is 1. The van der Waals surface area contributed by atoms with Crippen LogP contribution in [0, 0.1) is 0 Å². The fraction of sp³-hybridized carbons (Fsp3) is 0.333. The van der Waals surface area contributed by atoms with Crippen molar-refractivity contribution in [3.63, 3.8) is 0 Å². The third-order valence-electron chi connectivity index (χ3n) is 1.03. The van der Waals surface area contributed by atoms with E-state index in [2.05, 4.69) is 4.98 Å². The predicted octanol–water partition coefficient (Wildman–Crippen LogP) is 3.69. The Labute approximate surface area is 122 Å². The quantitative estimate of drug-likeness (QED) is 0.810. The molecular weight excluding hydrogens is 394 g/mol. The van der Waals surface area contributed by atoms with Crippen LogP contribution in [-0.4, -0.2) is 16.1 Å². The minimum Gasteiger partial charge on any atom is -0.481 e. The fourth-order valence-corrected chi connectivity index (χ4v) is 0.526. The molecule has 0 atom stereocenters. The number of aromatic nitrogens is 1. The van der Waals surface area contributed by atoms with Gasteiger partial charge in [0.1, 0.15) is 0 Å². The second kappa shape index (κ2) is 19.6. The Morgan fingerprint density at radius 3 is 1.67 bits per heavy atom. The molecule has 1 aromatic heterocycles. The lowest BCUT2D eigenvalue weighted by Gasteiger charge is -1.79. The lowest BCUT2D eigenvalue weighted by Crippen LogP contribution is -1.90. The highest BCUT2D eigenvalue weighted by atomic mass is 79.9. The highest BCUT2D eigenvalue weighted by molar-refractivity contribution is 8.93. The van der Waals surface area contributed by atoms with Gasteiger partial charge in [0.05, 0.1) is 0 Å². The number of aliphatic carboxylic acids is 1. The van der Waals surface area contributed by atoms with Gasteiger partial charge in [-0.2, -0.15) is 0 Å². The van der Waals surface area contributed by atoms with Gasteiger partial charge in [0.2, 0.25) is 0 Å². The maximum absolute atomic E-state index is 9.60. The van der Waals surface area contributed by atoms with E-state index in [0.29, 0.717) is 6.42 Å². The van der Waals surface area contributed by atoms with Crippen molar-refractivity contribution in [2.24, 2.45) is 0 Å². The van der Waals surface area contributed by atoms with Gasteiger partial charge in [-0.25, -0.2) is 0 Å². The van der Waals surface area contributed by atoms with E-state index in [4.69, 9.17) is 5.11 Å². The first-order valence-electron chi connectivity index (χ1n) is 3.84. The smallest absolute Gasteiger partial charge is 0.303 e. The second-order valence-corrected chi connectivity index (χ2v) is 2.17. The van der Waals surface area contributed by atoms with Crippen LogP contribution in [0.5, 0.6) is 0 Å². The van der Waals surface area contributed by atoms with Gasteiger partial charge in [-0.1, -0.05) is 13.0 Å². The molecule has 0 radical (unpaired) electrons. The predicted molar refractivity (Wildman–Crippen MR) is 77.7 cm³/mol. The zero-order chi connectivity index (χ0) is 9.23. The Morgan fingerprint density at radius 1 is 1.13 bits per heavy atom. The topological polar surface area (TPSA) is 50.2 Å². The highest BCUT2D eigenvalue weighted by Gasteiger charge is 1.87. The molecule has 0 fully saturated rings. The lowest BCUT2D eigenvalue weighted by atomic mass is 10.4. The molecule has 0 aliphatic rings. The van der Waals surface area contributed by atoms with Crippen LogP contribution in [0.25, 0.3) is 0 Å². The number of nitrogens with zero attached hydrogens (tertiary/aromatic N) is 1. The SMILES string of the molecule is Br.Br.Br.CCCC(=O)O.c1ccncc1. The molecular formula is C9H16Br3NO2. The maximum Gasteiger partial charge on any atom is 0.303 e. The monoisotopic (exact) mass is 407 g/mol. The van der Waals surface area contributed by atoms with Gasteiger partial charge < -0.3 is 5.11 Å². The molecule has 0 bridgehead atoms. The van der Waals surface area contributed by atoms with E-state index < -0.39 is 5.97 Å². The van der Waals surface area contributed by atoms with Gasteiger partial charge in [-0.3, -0.25) is 9.78 Å².